The molecule has 29 heavy (non-hydrogen) atoms. The molecule has 0 aliphatic carbocycles. The van der Waals surface area contributed by atoms with Gasteiger partial charge in [0.2, 0.25) is 0 Å². The van der Waals surface area contributed by atoms with Gasteiger partial charge in [-0.1, -0.05) is 18.2 Å². The summed E-state index contributed by atoms with van der Waals surface area (Å²) in [4.78, 5) is 44.7. The van der Waals surface area contributed by atoms with E-state index in [4.69, 9.17) is 0 Å². The average molecular weight is 414 g/mol. The zero-order chi connectivity index (χ0) is 20.7. The molecule has 2 amide bonds. The molecule has 1 unspecified atom stereocenters. The van der Waals surface area contributed by atoms with E-state index in [0.29, 0.717) is 5.06 Å². The zero-order valence-electron chi connectivity index (χ0n) is 15.6. The maximum Gasteiger partial charge on any atom is 0.343 e. The summed E-state index contributed by atoms with van der Waals surface area (Å²) in [5.74, 6) is 0. The van der Waals surface area contributed by atoms with Crippen LogP contribution in [0.5, 0.6) is 0 Å². The second kappa shape index (κ2) is 7.18. The van der Waals surface area contributed by atoms with E-state index in [9.17, 15) is 19.6 Å². The average Bonchev–Trinajstić information content (AvgIpc) is 3.38. The van der Waals surface area contributed by atoms with E-state index in [-0.39, 0.29) is 11.2 Å². The van der Waals surface area contributed by atoms with Gasteiger partial charge in [-0.2, -0.15) is 5.06 Å². The number of hydrogen-bond acceptors (Lipinski definition) is 6. The molecule has 0 aliphatic rings. The van der Waals surface area contributed by atoms with Crippen LogP contribution in [0.3, 0.4) is 0 Å². The molecule has 3 N–H and O–H groups in total. The van der Waals surface area contributed by atoms with Crippen molar-refractivity contribution in [3.63, 3.8) is 0 Å². The van der Waals surface area contributed by atoms with Crippen LogP contribution < -0.4 is 16.6 Å². The minimum absolute atomic E-state index is 0.154. The number of urea groups is 1. The maximum atomic E-state index is 12.5. The van der Waals surface area contributed by atoms with Gasteiger partial charge >= 0.3 is 11.7 Å². The largest absolute Gasteiger partial charge is 0.343 e. The predicted molar refractivity (Wildman–Crippen MR) is 108 cm³/mol. The Bertz CT molecular complexity index is 1300. The van der Waals surface area contributed by atoms with Crippen LogP contribution in [-0.2, 0) is 13.7 Å². The lowest BCUT2D eigenvalue weighted by molar-refractivity contribution is -0.0741. The Morgan fingerprint density at radius 1 is 1.38 bits per heavy atom. The molecule has 11 heteroatoms. The molecule has 3 heterocycles. The first-order valence-electron chi connectivity index (χ1n) is 8.76. The number of thiophene rings is 1. The number of aromatic amines is 1. The van der Waals surface area contributed by atoms with E-state index in [1.807, 2.05) is 30.3 Å². The third-order valence-corrected chi connectivity index (χ3v) is 6.02. The van der Waals surface area contributed by atoms with Crippen molar-refractivity contribution in [3.05, 3.63) is 62.4 Å². The number of imidazole rings is 1. The fourth-order valence-electron chi connectivity index (χ4n) is 3.06. The van der Waals surface area contributed by atoms with Gasteiger partial charge in [-0.3, -0.25) is 14.6 Å². The number of carbonyl (C=O) groups is 1. The molecule has 0 spiro atoms. The van der Waals surface area contributed by atoms with E-state index < -0.39 is 30.0 Å². The van der Waals surface area contributed by atoms with Crippen LogP contribution in [0.4, 0.5) is 4.79 Å². The van der Waals surface area contributed by atoms with Gasteiger partial charge in [-0.15, -0.1) is 11.3 Å². The molecule has 0 bridgehead atoms. The van der Waals surface area contributed by atoms with Gasteiger partial charge in [0, 0.05) is 16.6 Å². The Morgan fingerprint density at radius 2 is 2.14 bits per heavy atom. The standard InChI is InChI=1S/C18H18N6O4S/c1-10(13-7-11-5-3-4-6-12(11)29-13)24(28)17(26)21-9-23-16(25)14-15(20-8-19-14)22(2)18(23)27/h3-8,10,28H,9H2,1-2H3,(H,19,20)(H,21,26). The van der Waals surface area contributed by atoms with Crippen LogP contribution >= 0.6 is 11.3 Å². The Morgan fingerprint density at radius 3 is 2.90 bits per heavy atom. The first-order chi connectivity index (χ1) is 13.9. The van der Waals surface area contributed by atoms with Gasteiger partial charge in [-0.05, 0) is 24.4 Å². The molecular weight excluding hydrogens is 396 g/mol. The van der Waals surface area contributed by atoms with E-state index in [2.05, 4.69) is 15.3 Å². The fourth-order valence-corrected chi connectivity index (χ4v) is 4.17. The highest BCUT2D eigenvalue weighted by molar-refractivity contribution is 7.19. The van der Waals surface area contributed by atoms with Crippen molar-refractivity contribution in [2.45, 2.75) is 19.6 Å². The van der Waals surface area contributed by atoms with Crippen LogP contribution in [0, 0.1) is 0 Å². The maximum absolute atomic E-state index is 12.5. The molecular formula is C18H18N6O4S. The van der Waals surface area contributed by atoms with E-state index in [1.54, 1.807) is 6.92 Å². The summed E-state index contributed by atoms with van der Waals surface area (Å²) in [6, 6.07) is 8.24. The monoisotopic (exact) mass is 414 g/mol. The molecule has 1 atom stereocenters. The molecule has 0 saturated heterocycles. The van der Waals surface area contributed by atoms with E-state index in [0.717, 1.165) is 19.5 Å². The molecule has 0 aliphatic heterocycles. The molecule has 1 aromatic carbocycles. The number of benzene rings is 1. The third kappa shape index (κ3) is 3.19. The number of H-pyrrole nitrogens is 1. The minimum atomic E-state index is -0.825. The Hall–Kier alpha value is -3.44. The van der Waals surface area contributed by atoms with Crippen molar-refractivity contribution in [1.82, 2.24) is 29.5 Å². The minimum Gasteiger partial charge on any atom is -0.339 e. The summed E-state index contributed by atoms with van der Waals surface area (Å²) in [7, 11) is 1.48. The van der Waals surface area contributed by atoms with Crippen LogP contribution in [0.25, 0.3) is 21.3 Å². The number of hydroxylamine groups is 2. The lowest BCUT2D eigenvalue weighted by Crippen LogP contribution is -2.46. The molecule has 150 valence electrons. The van der Waals surface area contributed by atoms with E-state index in [1.165, 1.54) is 29.3 Å². The Labute approximate surface area is 167 Å². The van der Waals surface area contributed by atoms with Crippen LogP contribution in [0.2, 0.25) is 0 Å². The number of carbonyl (C=O) groups excluding carboxylic acids is 1. The van der Waals surface area contributed by atoms with Gasteiger partial charge < -0.3 is 10.3 Å². The lowest BCUT2D eigenvalue weighted by Gasteiger charge is -2.22. The molecule has 4 rings (SSSR count). The third-order valence-electron chi connectivity index (χ3n) is 4.73. The van der Waals surface area contributed by atoms with Crippen molar-refractivity contribution in [2.24, 2.45) is 7.05 Å². The normalized spacial score (nSPS) is 12.4. The highest BCUT2D eigenvalue weighted by atomic mass is 32.1. The summed E-state index contributed by atoms with van der Waals surface area (Å²) in [6.07, 6.45) is 1.32. The van der Waals surface area contributed by atoms with Crippen LogP contribution in [-0.4, -0.2) is 35.4 Å². The first-order valence-corrected chi connectivity index (χ1v) is 9.57. The van der Waals surface area contributed by atoms with Gasteiger partial charge in [-0.25, -0.2) is 19.1 Å². The number of rotatable bonds is 4. The summed E-state index contributed by atoms with van der Waals surface area (Å²) in [5.41, 5.74) is -0.856. The molecule has 0 saturated carbocycles. The molecule has 10 nitrogen and oxygen atoms in total. The van der Waals surface area contributed by atoms with Crippen molar-refractivity contribution in [2.75, 3.05) is 0 Å². The van der Waals surface area contributed by atoms with Crippen molar-refractivity contribution in [1.29, 1.82) is 0 Å². The fraction of sp³-hybridized carbons (Fsp3) is 0.222. The number of fused-ring (bicyclic) bond motifs is 2. The topological polar surface area (TPSA) is 125 Å². The Kier molecular flexibility index (Phi) is 4.68. The highest BCUT2D eigenvalue weighted by Crippen LogP contribution is 2.31. The van der Waals surface area contributed by atoms with Crippen LogP contribution in [0.1, 0.15) is 17.8 Å². The van der Waals surface area contributed by atoms with Crippen molar-refractivity contribution < 1.29 is 10.0 Å². The lowest BCUT2D eigenvalue weighted by atomic mass is 10.2. The number of nitrogens with zero attached hydrogens (tertiary/aromatic N) is 4. The smallest absolute Gasteiger partial charge is 0.339 e. The zero-order valence-corrected chi connectivity index (χ0v) is 16.4. The second-order valence-corrected chi connectivity index (χ2v) is 7.64. The van der Waals surface area contributed by atoms with Crippen molar-refractivity contribution >= 4 is 38.6 Å². The summed E-state index contributed by atoms with van der Waals surface area (Å²) in [5, 5.41) is 14.3. The molecule has 0 radical (unpaired) electrons. The van der Waals surface area contributed by atoms with Gasteiger partial charge in [0.1, 0.15) is 12.2 Å². The molecule has 3 aromatic heterocycles. The van der Waals surface area contributed by atoms with Gasteiger partial charge in [0.05, 0.1) is 12.4 Å². The number of aryl methyl sites for hydroxylation is 1. The second-order valence-electron chi connectivity index (χ2n) is 6.52. The highest BCUT2D eigenvalue weighted by Gasteiger charge is 2.22. The van der Waals surface area contributed by atoms with Gasteiger partial charge in [0.15, 0.2) is 5.65 Å². The number of amides is 2. The molecule has 0 fully saturated rings. The molecule has 4 aromatic rings. The predicted octanol–water partition coefficient (Wildman–Crippen LogP) is 1.76. The quantitative estimate of drug-likeness (QED) is 0.347. The number of aromatic nitrogens is 4. The first kappa shape index (κ1) is 18.9. The van der Waals surface area contributed by atoms with Gasteiger partial charge in [0.25, 0.3) is 5.56 Å². The van der Waals surface area contributed by atoms with Crippen molar-refractivity contribution in [3.8, 4) is 0 Å². The number of hydrogen-bond donors (Lipinski definition) is 3. The summed E-state index contributed by atoms with van der Waals surface area (Å²) in [6.45, 7) is 1.29. The number of nitrogens with one attached hydrogen (secondary N) is 2. The Balaban J connectivity index is 1.53. The van der Waals surface area contributed by atoms with Crippen LogP contribution in [0.15, 0.2) is 46.2 Å². The van der Waals surface area contributed by atoms with E-state index >= 15 is 0 Å². The summed E-state index contributed by atoms with van der Waals surface area (Å²) >= 11 is 1.47. The summed E-state index contributed by atoms with van der Waals surface area (Å²) < 4.78 is 3.11. The SMILES string of the molecule is CC(c1cc2ccccc2s1)N(O)C(=O)NCn1c(=O)c2[nH]cnc2n(C)c1=O.